The molecule has 0 fully saturated rings. The monoisotopic (exact) mass is 274 g/mol. The fourth-order valence-corrected chi connectivity index (χ4v) is 3.41. The van der Waals surface area contributed by atoms with E-state index < -0.39 is 0 Å². The molecule has 2 nitrogen and oxygen atoms in total. The Balaban J connectivity index is 2.06. The Morgan fingerprint density at radius 3 is 2.42 bits per heavy atom. The van der Waals surface area contributed by atoms with Gasteiger partial charge in [-0.3, -0.25) is 0 Å². The zero-order valence-electron chi connectivity index (χ0n) is 11.5. The Morgan fingerprint density at radius 1 is 1.16 bits per heavy atom. The van der Waals surface area contributed by atoms with Crippen molar-refractivity contribution in [1.82, 2.24) is 0 Å². The highest BCUT2D eigenvalue weighted by atomic mass is 32.2. The van der Waals surface area contributed by atoms with Gasteiger partial charge in [-0.15, -0.1) is 11.8 Å². The fraction of sp³-hybridized carbons (Fsp3) is 0.375. The second-order valence-electron chi connectivity index (χ2n) is 4.96. The summed E-state index contributed by atoms with van der Waals surface area (Å²) in [6, 6.07) is 12.4. The minimum absolute atomic E-state index is 0.0334. The summed E-state index contributed by atoms with van der Waals surface area (Å²) in [4.78, 5) is -0.315. The van der Waals surface area contributed by atoms with Crippen molar-refractivity contribution in [3.63, 3.8) is 0 Å². The van der Waals surface area contributed by atoms with Gasteiger partial charge in [0.2, 0.25) is 0 Å². The summed E-state index contributed by atoms with van der Waals surface area (Å²) in [6.45, 7) is 6.31. The topological polar surface area (TPSA) is 18.5 Å². The van der Waals surface area contributed by atoms with Gasteiger partial charge in [0, 0.05) is 0 Å². The van der Waals surface area contributed by atoms with Crippen molar-refractivity contribution in [2.24, 2.45) is 0 Å². The minimum Gasteiger partial charge on any atom is -0.482 e. The van der Waals surface area contributed by atoms with Crippen LogP contribution >= 0.6 is 11.8 Å². The molecule has 2 aromatic rings. The van der Waals surface area contributed by atoms with Gasteiger partial charge in [0.1, 0.15) is 6.10 Å². The number of hydrogen-bond donors (Lipinski definition) is 0. The van der Waals surface area contributed by atoms with Crippen LogP contribution in [0.2, 0.25) is 0 Å². The van der Waals surface area contributed by atoms with Crippen molar-refractivity contribution in [3.8, 4) is 11.5 Å². The third-order valence-corrected chi connectivity index (χ3v) is 4.87. The van der Waals surface area contributed by atoms with Crippen LogP contribution in [-0.4, -0.2) is 16.8 Å². The standard InChI is InChI=1S/C16H18O2S/c1-4-19-16(3)11(2)17-14-9-12-7-5-6-8-13(12)10-15(14)18-16/h5-11H,4H2,1-3H3. The summed E-state index contributed by atoms with van der Waals surface area (Å²) >= 11 is 1.78. The summed E-state index contributed by atoms with van der Waals surface area (Å²) in [5, 5.41) is 2.37. The molecule has 0 aliphatic carbocycles. The summed E-state index contributed by atoms with van der Waals surface area (Å²) in [5.74, 6) is 2.70. The fourth-order valence-electron chi connectivity index (χ4n) is 2.40. The summed E-state index contributed by atoms with van der Waals surface area (Å²) in [6.07, 6.45) is 0.0334. The van der Waals surface area contributed by atoms with Gasteiger partial charge in [-0.1, -0.05) is 31.2 Å². The maximum Gasteiger partial charge on any atom is 0.188 e. The predicted octanol–water partition coefficient (Wildman–Crippen LogP) is 4.47. The highest BCUT2D eigenvalue weighted by Gasteiger charge is 2.40. The largest absolute Gasteiger partial charge is 0.482 e. The van der Waals surface area contributed by atoms with Crippen LogP contribution in [0, 0.1) is 0 Å². The van der Waals surface area contributed by atoms with Crippen LogP contribution in [0.15, 0.2) is 36.4 Å². The van der Waals surface area contributed by atoms with Gasteiger partial charge in [0.15, 0.2) is 16.4 Å². The average molecular weight is 274 g/mol. The van der Waals surface area contributed by atoms with Crippen LogP contribution < -0.4 is 9.47 Å². The average Bonchev–Trinajstić information content (AvgIpc) is 2.38. The molecule has 2 aromatic carbocycles. The van der Waals surface area contributed by atoms with E-state index in [1.165, 1.54) is 10.8 Å². The van der Waals surface area contributed by atoms with Crippen LogP contribution in [0.3, 0.4) is 0 Å². The third-order valence-electron chi connectivity index (χ3n) is 3.60. The Labute approximate surface area is 118 Å². The van der Waals surface area contributed by atoms with Crippen molar-refractivity contribution in [3.05, 3.63) is 36.4 Å². The number of thioether (sulfide) groups is 1. The summed E-state index contributed by atoms with van der Waals surface area (Å²) < 4.78 is 12.3. The van der Waals surface area contributed by atoms with Crippen molar-refractivity contribution in [2.45, 2.75) is 31.8 Å². The highest BCUT2D eigenvalue weighted by Crippen LogP contribution is 2.44. The second kappa shape index (κ2) is 4.64. The van der Waals surface area contributed by atoms with Gasteiger partial charge < -0.3 is 9.47 Å². The first-order valence-corrected chi connectivity index (χ1v) is 7.63. The van der Waals surface area contributed by atoms with Gasteiger partial charge in [-0.25, -0.2) is 0 Å². The number of ether oxygens (including phenoxy) is 2. The smallest absolute Gasteiger partial charge is 0.188 e. The van der Waals surface area contributed by atoms with Crippen LogP contribution in [0.25, 0.3) is 10.8 Å². The lowest BCUT2D eigenvalue weighted by molar-refractivity contribution is 0.0190. The Morgan fingerprint density at radius 2 is 1.79 bits per heavy atom. The SMILES string of the molecule is CCSC1(C)Oc2cc3ccccc3cc2OC1C. The molecule has 3 rings (SSSR count). The third kappa shape index (κ3) is 2.16. The molecule has 0 saturated carbocycles. The molecule has 0 amide bonds. The molecule has 0 bridgehead atoms. The first-order valence-electron chi connectivity index (χ1n) is 6.65. The Bertz CT molecular complexity index is 611. The van der Waals surface area contributed by atoms with E-state index in [9.17, 15) is 0 Å². The molecule has 2 unspecified atom stereocenters. The number of benzene rings is 2. The Hall–Kier alpha value is -1.35. The molecule has 100 valence electrons. The lowest BCUT2D eigenvalue weighted by Gasteiger charge is -2.40. The molecule has 19 heavy (non-hydrogen) atoms. The Kier molecular flexibility index (Phi) is 3.09. The van der Waals surface area contributed by atoms with Crippen molar-refractivity contribution in [1.29, 1.82) is 0 Å². The second-order valence-corrected chi connectivity index (χ2v) is 6.63. The van der Waals surface area contributed by atoms with Gasteiger partial charge in [-0.2, -0.15) is 0 Å². The molecule has 3 heteroatoms. The molecule has 0 N–H and O–H groups in total. The minimum atomic E-state index is -0.315. The zero-order valence-corrected chi connectivity index (χ0v) is 12.3. The summed E-state index contributed by atoms with van der Waals surface area (Å²) in [7, 11) is 0. The molecule has 0 spiro atoms. The van der Waals surface area contributed by atoms with E-state index in [4.69, 9.17) is 9.47 Å². The van der Waals surface area contributed by atoms with E-state index in [0.717, 1.165) is 17.3 Å². The number of fused-ring (bicyclic) bond motifs is 2. The first kappa shape index (κ1) is 12.7. The maximum absolute atomic E-state index is 6.22. The van der Waals surface area contributed by atoms with E-state index in [1.807, 2.05) is 12.1 Å². The maximum atomic E-state index is 6.22. The van der Waals surface area contributed by atoms with Crippen LogP contribution in [0.5, 0.6) is 11.5 Å². The van der Waals surface area contributed by atoms with Gasteiger partial charge >= 0.3 is 0 Å². The molecule has 0 radical (unpaired) electrons. The summed E-state index contributed by atoms with van der Waals surface area (Å²) in [5.41, 5.74) is 0. The highest BCUT2D eigenvalue weighted by molar-refractivity contribution is 8.00. The zero-order chi connectivity index (χ0) is 13.5. The van der Waals surface area contributed by atoms with E-state index in [1.54, 1.807) is 11.8 Å². The lowest BCUT2D eigenvalue weighted by atomic mass is 10.1. The van der Waals surface area contributed by atoms with Crippen molar-refractivity contribution >= 4 is 22.5 Å². The van der Waals surface area contributed by atoms with Crippen LogP contribution in [0.1, 0.15) is 20.8 Å². The molecular formula is C16H18O2S. The van der Waals surface area contributed by atoms with Crippen LogP contribution in [-0.2, 0) is 0 Å². The molecule has 0 saturated heterocycles. The van der Waals surface area contributed by atoms with Crippen molar-refractivity contribution in [2.75, 3.05) is 5.75 Å². The molecule has 0 aromatic heterocycles. The van der Waals surface area contributed by atoms with Gasteiger partial charge in [0.05, 0.1) is 0 Å². The van der Waals surface area contributed by atoms with E-state index in [-0.39, 0.29) is 11.0 Å². The number of rotatable bonds is 2. The molecule has 2 atom stereocenters. The van der Waals surface area contributed by atoms with E-state index in [2.05, 4.69) is 45.0 Å². The molecule has 1 aliphatic rings. The lowest BCUT2D eigenvalue weighted by Crippen LogP contribution is -2.46. The predicted molar refractivity (Wildman–Crippen MR) is 81.2 cm³/mol. The molecular weight excluding hydrogens is 256 g/mol. The van der Waals surface area contributed by atoms with E-state index >= 15 is 0 Å². The molecule has 1 heterocycles. The molecule has 1 aliphatic heterocycles. The van der Waals surface area contributed by atoms with Crippen LogP contribution in [0.4, 0.5) is 0 Å². The number of hydrogen-bond acceptors (Lipinski definition) is 3. The van der Waals surface area contributed by atoms with E-state index in [0.29, 0.717) is 0 Å². The normalized spacial score (nSPS) is 25.5. The van der Waals surface area contributed by atoms with Crippen molar-refractivity contribution < 1.29 is 9.47 Å². The quantitative estimate of drug-likeness (QED) is 0.805. The van der Waals surface area contributed by atoms with Gasteiger partial charge in [0.25, 0.3) is 0 Å². The first-order chi connectivity index (χ1) is 9.12. The van der Waals surface area contributed by atoms with Gasteiger partial charge in [-0.05, 0) is 42.5 Å².